The Balaban J connectivity index is 2.02. The van der Waals surface area contributed by atoms with E-state index >= 15 is 0 Å². The van der Waals surface area contributed by atoms with Gasteiger partial charge in [0, 0.05) is 23.3 Å². The quantitative estimate of drug-likeness (QED) is 0.859. The molecule has 7 heteroatoms. The fraction of sp³-hybridized carbons (Fsp3) is 0.308. The second-order valence-electron chi connectivity index (χ2n) is 4.58. The summed E-state index contributed by atoms with van der Waals surface area (Å²) in [5.74, 6) is 0. The highest BCUT2D eigenvalue weighted by Gasteiger charge is 2.14. The zero-order chi connectivity index (χ0) is 14.6. The van der Waals surface area contributed by atoms with Crippen molar-refractivity contribution in [1.29, 1.82) is 0 Å². The normalized spacial score (nSPS) is 11.8. The lowest BCUT2D eigenvalue weighted by atomic mass is 10.3. The van der Waals surface area contributed by atoms with Gasteiger partial charge in [0.15, 0.2) is 0 Å². The number of anilines is 1. The Hall–Kier alpha value is -1.44. The summed E-state index contributed by atoms with van der Waals surface area (Å²) in [4.78, 5) is 4.44. The summed E-state index contributed by atoms with van der Waals surface area (Å²) in [6, 6.07) is 6.57. The van der Waals surface area contributed by atoms with Crippen molar-refractivity contribution in [2.75, 3.05) is 5.32 Å². The molecule has 0 aliphatic rings. The van der Waals surface area contributed by atoms with Crippen molar-refractivity contribution in [2.24, 2.45) is 0 Å². The van der Waals surface area contributed by atoms with E-state index in [1.807, 2.05) is 5.38 Å². The summed E-state index contributed by atoms with van der Waals surface area (Å²) >= 11 is 1.58. The Morgan fingerprint density at radius 1 is 1.25 bits per heavy atom. The van der Waals surface area contributed by atoms with Crippen molar-refractivity contribution < 1.29 is 8.42 Å². The van der Waals surface area contributed by atoms with E-state index in [2.05, 4.69) is 15.0 Å². The van der Waals surface area contributed by atoms with Crippen LogP contribution in [0.4, 0.5) is 5.69 Å². The van der Waals surface area contributed by atoms with E-state index in [0.29, 0.717) is 6.54 Å². The van der Waals surface area contributed by atoms with Gasteiger partial charge in [0.25, 0.3) is 0 Å². The predicted molar refractivity (Wildman–Crippen MR) is 81.3 cm³/mol. The highest BCUT2D eigenvalue weighted by Crippen LogP contribution is 2.15. The molecule has 0 atom stereocenters. The van der Waals surface area contributed by atoms with E-state index in [1.54, 1.807) is 55.6 Å². The van der Waals surface area contributed by atoms with E-state index in [0.717, 1.165) is 10.7 Å². The van der Waals surface area contributed by atoms with Crippen LogP contribution in [-0.2, 0) is 16.6 Å². The number of hydrogen-bond acceptors (Lipinski definition) is 5. The number of thiazole rings is 1. The standard InChI is InChI=1S/C13H17N3O2S2/c1-10(2)16-20(17,18)12-5-3-11(4-6-12)15-9-13-14-7-8-19-13/h3-8,10,15-16H,9H2,1-2H3. The van der Waals surface area contributed by atoms with Gasteiger partial charge in [0.05, 0.1) is 11.4 Å². The van der Waals surface area contributed by atoms with E-state index in [9.17, 15) is 8.42 Å². The van der Waals surface area contributed by atoms with Gasteiger partial charge in [0.1, 0.15) is 5.01 Å². The van der Waals surface area contributed by atoms with Gasteiger partial charge in [-0.1, -0.05) is 0 Å². The first-order valence-electron chi connectivity index (χ1n) is 6.22. The van der Waals surface area contributed by atoms with Gasteiger partial charge in [-0.25, -0.2) is 18.1 Å². The largest absolute Gasteiger partial charge is 0.379 e. The molecule has 2 rings (SSSR count). The van der Waals surface area contributed by atoms with Crippen LogP contribution in [-0.4, -0.2) is 19.4 Å². The topological polar surface area (TPSA) is 71.1 Å². The number of benzene rings is 1. The number of sulfonamides is 1. The van der Waals surface area contributed by atoms with Crippen LogP contribution in [0.25, 0.3) is 0 Å². The molecule has 2 N–H and O–H groups in total. The number of aromatic nitrogens is 1. The molecule has 2 aromatic rings. The molecule has 5 nitrogen and oxygen atoms in total. The van der Waals surface area contributed by atoms with E-state index in [1.165, 1.54) is 0 Å². The Bertz CT molecular complexity index is 635. The lowest BCUT2D eigenvalue weighted by molar-refractivity contribution is 0.570. The van der Waals surface area contributed by atoms with Crippen molar-refractivity contribution in [2.45, 2.75) is 31.3 Å². The number of hydrogen-bond donors (Lipinski definition) is 2. The fourth-order valence-electron chi connectivity index (χ4n) is 1.65. The van der Waals surface area contributed by atoms with Crippen molar-refractivity contribution in [3.05, 3.63) is 40.8 Å². The fourth-order valence-corrected chi connectivity index (χ4v) is 3.46. The molecule has 0 bridgehead atoms. The zero-order valence-corrected chi connectivity index (χ0v) is 13.0. The van der Waals surface area contributed by atoms with Gasteiger partial charge in [-0.05, 0) is 38.1 Å². The first-order valence-corrected chi connectivity index (χ1v) is 8.58. The highest BCUT2D eigenvalue weighted by molar-refractivity contribution is 7.89. The third-order valence-corrected chi connectivity index (χ3v) is 4.94. The molecule has 0 fully saturated rings. The Labute approximate surface area is 123 Å². The molecular formula is C13H17N3O2S2. The van der Waals surface area contributed by atoms with Crippen LogP contribution in [0.5, 0.6) is 0 Å². The average Bonchev–Trinajstić information content (AvgIpc) is 2.88. The zero-order valence-electron chi connectivity index (χ0n) is 11.3. The maximum Gasteiger partial charge on any atom is 0.240 e. The molecule has 20 heavy (non-hydrogen) atoms. The summed E-state index contributed by atoms with van der Waals surface area (Å²) < 4.78 is 26.5. The number of rotatable bonds is 6. The average molecular weight is 311 g/mol. The van der Waals surface area contributed by atoms with Gasteiger partial charge >= 0.3 is 0 Å². The Morgan fingerprint density at radius 3 is 2.50 bits per heavy atom. The van der Waals surface area contributed by atoms with Crippen LogP contribution in [0.1, 0.15) is 18.9 Å². The van der Waals surface area contributed by atoms with Crippen LogP contribution in [0.3, 0.4) is 0 Å². The number of nitrogens with one attached hydrogen (secondary N) is 2. The smallest absolute Gasteiger partial charge is 0.240 e. The third kappa shape index (κ3) is 4.03. The number of nitrogens with zero attached hydrogens (tertiary/aromatic N) is 1. The molecule has 0 amide bonds. The maximum absolute atomic E-state index is 12.0. The Kier molecular flexibility index (Phi) is 4.74. The molecule has 108 valence electrons. The molecule has 0 spiro atoms. The van der Waals surface area contributed by atoms with Crippen molar-refractivity contribution in [3.8, 4) is 0 Å². The third-order valence-electron chi connectivity index (χ3n) is 2.48. The van der Waals surface area contributed by atoms with Crippen molar-refractivity contribution in [1.82, 2.24) is 9.71 Å². The summed E-state index contributed by atoms with van der Waals surface area (Å²) in [5.41, 5.74) is 0.865. The summed E-state index contributed by atoms with van der Waals surface area (Å²) in [5, 5.41) is 6.11. The monoisotopic (exact) mass is 311 g/mol. The second kappa shape index (κ2) is 6.34. The van der Waals surface area contributed by atoms with Crippen LogP contribution >= 0.6 is 11.3 Å². The minimum atomic E-state index is -3.42. The summed E-state index contributed by atoms with van der Waals surface area (Å²) in [7, 11) is -3.42. The van der Waals surface area contributed by atoms with Crippen LogP contribution < -0.4 is 10.0 Å². The van der Waals surface area contributed by atoms with Crippen LogP contribution in [0.2, 0.25) is 0 Å². The molecule has 0 saturated heterocycles. The molecule has 0 unspecified atom stereocenters. The maximum atomic E-state index is 12.0. The second-order valence-corrected chi connectivity index (χ2v) is 7.27. The lowest BCUT2D eigenvalue weighted by Gasteiger charge is -2.10. The van der Waals surface area contributed by atoms with Crippen LogP contribution in [0, 0.1) is 0 Å². The molecule has 1 aromatic heterocycles. The van der Waals surface area contributed by atoms with Gasteiger partial charge < -0.3 is 5.32 Å². The van der Waals surface area contributed by atoms with Gasteiger partial charge in [0.2, 0.25) is 10.0 Å². The molecule has 0 aliphatic heterocycles. The minimum Gasteiger partial charge on any atom is -0.379 e. The van der Waals surface area contributed by atoms with E-state index in [4.69, 9.17) is 0 Å². The van der Waals surface area contributed by atoms with E-state index in [-0.39, 0.29) is 10.9 Å². The molecule has 0 radical (unpaired) electrons. The molecule has 0 aliphatic carbocycles. The van der Waals surface area contributed by atoms with Gasteiger partial charge in [-0.15, -0.1) is 11.3 Å². The summed E-state index contributed by atoms with van der Waals surface area (Å²) in [6.07, 6.45) is 1.76. The molecule has 0 saturated carbocycles. The van der Waals surface area contributed by atoms with Gasteiger partial charge in [-0.2, -0.15) is 0 Å². The van der Waals surface area contributed by atoms with Crippen LogP contribution in [0.15, 0.2) is 40.7 Å². The molecular weight excluding hydrogens is 294 g/mol. The van der Waals surface area contributed by atoms with Crippen molar-refractivity contribution in [3.63, 3.8) is 0 Å². The summed E-state index contributed by atoms with van der Waals surface area (Å²) in [6.45, 7) is 4.22. The first-order chi connectivity index (χ1) is 9.47. The lowest BCUT2D eigenvalue weighted by Crippen LogP contribution is -2.30. The molecule has 1 aromatic carbocycles. The Morgan fingerprint density at radius 2 is 1.95 bits per heavy atom. The SMILES string of the molecule is CC(C)NS(=O)(=O)c1ccc(NCc2nccs2)cc1. The van der Waals surface area contributed by atoms with Gasteiger partial charge in [-0.3, -0.25) is 0 Å². The highest BCUT2D eigenvalue weighted by atomic mass is 32.2. The van der Waals surface area contributed by atoms with Crippen molar-refractivity contribution >= 4 is 27.0 Å². The molecule has 1 heterocycles. The predicted octanol–water partition coefficient (Wildman–Crippen LogP) is 2.44. The van der Waals surface area contributed by atoms with E-state index < -0.39 is 10.0 Å². The first kappa shape index (κ1) is 15.0. The minimum absolute atomic E-state index is 0.122.